The molecule has 1 N–H and O–H groups in total. The minimum Gasteiger partial charge on any atom is -0.392 e. The first-order valence-electron chi connectivity index (χ1n) is 12.0. The van der Waals surface area contributed by atoms with Gasteiger partial charge in [0.15, 0.2) is 0 Å². The standard InChI is InChI=1S/C32H23ClFN2O/c33-30-19-22(16-17-35-30)31-27-18-23(21-37)28(34)20-29(27)36(31)32(24-10-4-1-5-11-24,25-12-6-2-7-13-25)26-14-8-3-9-15-26/h1-20,37H,21H2/q+1. The summed E-state index contributed by atoms with van der Waals surface area (Å²) in [5, 5.41) is 10.2. The van der Waals surface area contributed by atoms with Crippen molar-refractivity contribution >= 4 is 23.0 Å². The number of aliphatic hydroxyl groups excluding tert-OH is 1. The van der Waals surface area contributed by atoms with E-state index in [9.17, 15) is 5.11 Å². The second-order valence-corrected chi connectivity index (χ2v) is 9.37. The molecule has 6 rings (SSSR count). The molecule has 0 bridgehead atoms. The normalized spacial score (nSPS) is 12.7. The maximum atomic E-state index is 15.2. The third kappa shape index (κ3) is 3.69. The average Bonchev–Trinajstić information content (AvgIpc) is 2.94. The zero-order valence-corrected chi connectivity index (χ0v) is 20.6. The number of rotatable bonds is 6. The molecule has 5 aromatic rings. The molecule has 0 unspecified atom stereocenters. The van der Waals surface area contributed by atoms with E-state index in [1.807, 2.05) is 66.7 Å². The highest BCUT2D eigenvalue weighted by molar-refractivity contribution is 6.30. The largest absolute Gasteiger partial charge is 0.392 e. The molecule has 4 aromatic carbocycles. The Hall–Kier alpha value is -4.12. The molecule has 3 nitrogen and oxygen atoms in total. The lowest BCUT2D eigenvalue weighted by molar-refractivity contribution is -0.527. The van der Waals surface area contributed by atoms with Gasteiger partial charge in [-0.2, -0.15) is 4.58 Å². The van der Waals surface area contributed by atoms with E-state index in [4.69, 9.17) is 11.6 Å². The summed E-state index contributed by atoms with van der Waals surface area (Å²) in [6.45, 7) is -0.384. The highest BCUT2D eigenvalue weighted by atomic mass is 35.5. The molecule has 180 valence electrons. The minimum absolute atomic E-state index is 0.251. The molecule has 0 saturated heterocycles. The van der Waals surface area contributed by atoms with E-state index < -0.39 is 11.4 Å². The number of nitrogens with zero attached hydrogens (tertiary/aromatic N) is 2. The van der Waals surface area contributed by atoms with Crippen LogP contribution >= 0.6 is 11.6 Å². The van der Waals surface area contributed by atoms with Crippen LogP contribution in [0.1, 0.15) is 33.4 Å². The molecule has 1 aromatic heterocycles. The Bertz CT molecular complexity index is 1520. The summed E-state index contributed by atoms with van der Waals surface area (Å²) in [6, 6.07) is 37.7. The van der Waals surface area contributed by atoms with Crippen molar-refractivity contribution < 1.29 is 14.1 Å². The van der Waals surface area contributed by atoms with Gasteiger partial charge in [0.05, 0.1) is 12.2 Å². The van der Waals surface area contributed by atoms with Gasteiger partial charge in [-0.3, -0.25) is 0 Å². The van der Waals surface area contributed by atoms with Crippen molar-refractivity contribution in [1.29, 1.82) is 0 Å². The highest BCUT2D eigenvalue weighted by Gasteiger charge is 2.55. The van der Waals surface area contributed by atoms with Crippen LogP contribution in [0.25, 0.3) is 0 Å². The molecule has 0 aliphatic carbocycles. The number of hydrogen-bond donors (Lipinski definition) is 1. The molecule has 2 heterocycles. The number of aromatic nitrogens is 1. The number of halogens is 2. The maximum absolute atomic E-state index is 15.2. The van der Waals surface area contributed by atoms with Crippen LogP contribution in [0.15, 0.2) is 121 Å². The van der Waals surface area contributed by atoms with E-state index in [-0.39, 0.29) is 12.2 Å². The van der Waals surface area contributed by atoms with E-state index in [0.717, 1.165) is 39.2 Å². The summed E-state index contributed by atoms with van der Waals surface area (Å²) in [5.41, 5.74) is 5.83. The van der Waals surface area contributed by atoms with Gasteiger partial charge < -0.3 is 5.11 Å². The zero-order chi connectivity index (χ0) is 25.4. The van der Waals surface area contributed by atoms with Crippen LogP contribution in [0.2, 0.25) is 5.15 Å². The monoisotopic (exact) mass is 505 g/mol. The van der Waals surface area contributed by atoms with Gasteiger partial charge in [0.25, 0.3) is 0 Å². The summed E-state index contributed by atoms with van der Waals surface area (Å²) in [6.07, 6.45) is 1.67. The van der Waals surface area contributed by atoms with Gasteiger partial charge in [-0.05, 0) is 18.2 Å². The summed E-state index contributed by atoms with van der Waals surface area (Å²) in [7, 11) is 0. The van der Waals surface area contributed by atoms with Gasteiger partial charge in [0.1, 0.15) is 16.5 Å². The topological polar surface area (TPSA) is 36.1 Å². The Balaban J connectivity index is 1.80. The van der Waals surface area contributed by atoms with E-state index in [0.29, 0.717) is 5.15 Å². The third-order valence-electron chi connectivity index (χ3n) is 6.96. The van der Waals surface area contributed by atoms with E-state index in [2.05, 4.69) is 46.0 Å². The maximum Gasteiger partial charge on any atom is 0.245 e. The molecule has 5 heteroatoms. The fourth-order valence-electron chi connectivity index (χ4n) is 5.40. The van der Waals surface area contributed by atoms with Crippen LogP contribution < -0.4 is 0 Å². The number of hydrogen-bond acceptors (Lipinski definition) is 2. The second-order valence-electron chi connectivity index (χ2n) is 8.98. The van der Waals surface area contributed by atoms with Crippen molar-refractivity contribution in [2.75, 3.05) is 0 Å². The van der Waals surface area contributed by atoms with Crippen molar-refractivity contribution in [3.05, 3.63) is 166 Å². The van der Waals surface area contributed by atoms with Crippen molar-refractivity contribution in [3.8, 4) is 0 Å². The molecular formula is C32H23ClFN2O+. The van der Waals surface area contributed by atoms with Gasteiger partial charge in [-0.15, -0.1) is 0 Å². The third-order valence-corrected chi connectivity index (χ3v) is 7.17. The van der Waals surface area contributed by atoms with Crippen LogP contribution in [0.4, 0.5) is 10.1 Å². The zero-order valence-electron chi connectivity index (χ0n) is 19.9. The van der Waals surface area contributed by atoms with Crippen molar-refractivity contribution in [1.82, 2.24) is 4.98 Å². The fourth-order valence-corrected chi connectivity index (χ4v) is 5.57. The predicted molar refractivity (Wildman–Crippen MR) is 144 cm³/mol. The number of benzene rings is 4. The number of aliphatic hydroxyl groups is 1. The number of pyridine rings is 1. The Morgan fingerprint density at radius 2 is 1.30 bits per heavy atom. The average molecular weight is 506 g/mol. The van der Waals surface area contributed by atoms with E-state index in [1.54, 1.807) is 12.3 Å². The minimum atomic E-state index is -0.824. The molecule has 1 aliphatic rings. The Morgan fingerprint density at radius 1 is 0.757 bits per heavy atom. The summed E-state index contributed by atoms with van der Waals surface area (Å²) >= 11 is 6.35. The van der Waals surface area contributed by atoms with Crippen LogP contribution in [0, 0.1) is 5.82 Å². The molecule has 0 radical (unpaired) electrons. The van der Waals surface area contributed by atoms with Crippen LogP contribution in [-0.2, 0) is 12.1 Å². The van der Waals surface area contributed by atoms with E-state index >= 15 is 4.39 Å². The quantitative estimate of drug-likeness (QED) is 0.155. The first-order valence-corrected chi connectivity index (χ1v) is 12.4. The highest BCUT2D eigenvalue weighted by Crippen LogP contribution is 2.49. The second kappa shape index (κ2) is 9.40. The molecule has 0 atom stereocenters. The molecule has 0 fully saturated rings. The molecule has 0 amide bonds. The first-order chi connectivity index (χ1) is 18.1. The van der Waals surface area contributed by atoms with Crippen LogP contribution in [0.5, 0.6) is 0 Å². The van der Waals surface area contributed by atoms with Crippen molar-refractivity contribution in [2.24, 2.45) is 0 Å². The summed E-state index contributed by atoms with van der Waals surface area (Å²) in [5.74, 6) is -0.443. The lowest BCUT2D eigenvalue weighted by Gasteiger charge is -2.38. The Kier molecular flexibility index (Phi) is 5.91. The van der Waals surface area contributed by atoms with Crippen LogP contribution in [0.3, 0.4) is 0 Å². The summed E-state index contributed by atoms with van der Waals surface area (Å²) < 4.78 is 17.4. The first kappa shape index (κ1) is 23.3. The van der Waals surface area contributed by atoms with Crippen molar-refractivity contribution in [2.45, 2.75) is 12.1 Å². The number of fused-ring (bicyclic) bond motifs is 1. The van der Waals surface area contributed by atoms with Gasteiger partial charge in [0.2, 0.25) is 16.9 Å². The lowest BCUT2D eigenvalue weighted by Crippen LogP contribution is -2.47. The van der Waals surface area contributed by atoms with Gasteiger partial charge >= 0.3 is 0 Å². The smallest absolute Gasteiger partial charge is 0.245 e. The molecule has 1 aliphatic heterocycles. The van der Waals surface area contributed by atoms with E-state index in [1.165, 1.54) is 6.07 Å². The van der Waals surface area contributed by atoms with Gasteiger partial charge in [-0.1, -0.05) is 103 Å². The van der Waals surface area contributed by atoms with Gasteiger partial charge in [0, 0.05) is 34.5 Å². The Labute approximate surface area is 219 Å². The molecule has 0 saturated carbocycles. The van der Waals surface area contributed by atoms with Crippen molar-refractivity contribution in [3.63, 3.8) is 0 Å². The van der Waals surface area contributed by atoms with Gasteiger partial charge in [-0.25, -0.2) is 9.37 Å². The predicted octanol–water partition coefficient (Wildman–Crippen LogP) is 6.85. The Morgan fingerprint density at radius 3 is 1.78 bits per heavy atom. The molecular weight excluding hydrogens is 483 g/mol. The fraction of sp³-hybridized carbons (Fsp3) is 0.0625. The lowest BCUT2D eigenvalue weighted by atomic mass is 9.73. The summed E-state index contributed by atoms with van der Waals surface area (Å²) in [4.78, 5) is 4.18. The van der Waals surface area contributed by atoms with Crippen LogP contribution in [-0.4, -0.2) is 20.4 Å². The molecule has 37 heavy (non-hydrogen) atoms. The molecule has 0 spiro atoms. The SMILES string of the molecule is OCc1cc2c(cc1F)[N+](C(c1ccccc1)(c1ccccc1)c1ccccc1)=C2c1ccnc(Cl)c1.